The number of anilines is 1. The van der Waals surface area contributed by atoms with Crippen LogP contribution in [0.1, 0.15) is 41.5 Å². The monoisotopic (exact) mass is 450 g/mol. The van der Waals surface area contributed by atoms with Crippen LogP contribution in [-0.4, -0.2) is 49.3 Å². The molecule has 1 atom stereocenters. The number of hydrogen-bond acceptors (Lipinski definition) is 7. The lowest BCUT2D eigenvalue weighted by atomic mass is 10.2. The molecule has 1 fully saturated rings. The van der Waals surface area contributed by atoms with Crippen molar-refractivity contribution in [1.82, 2.24) is 14.5 Å². The van der Waals surface area contributed by atoms with Crippen LogP contribution in [0.3, 0.4) is 0 Å². The van der Waals surface area contributed by atoms with E-state index in [-0.39, 0.29) is 22.3 Å². The van der Waals surface area contributed by atoms with Crippen LogP contribution in [0.25, 0.3) is 0 Å². The highest BCUT2D eigenvalue weighted by Crippen LogP contribution is 2.28. The van der Waals surface area contributed by atoms with Crippen LogP contribution in [0.2, 0.25) is 0 Å². The fraction of sp³-hybridized carbons (Fsp3) is 0.450. The Bertz CT molecular complexity index is 1120. The molecular formula is C20H26N4O6S. The number of esters is 1. The van der Waals surface area contributed by atoms with Gasteiger partial charge in [-0.3, -0.25) is 9.48 Å². The predicted molar refractivity (Wildman–Crippen MR) is 113 cm³/mol. The maximum absolute atomic E-state index is 12.6. The highest BCUT2D eigenvalue weighted by molar-refractivity contribution is 7.89. The summed E-state index contributed by atoms with van der Waals surface area (Å²) in [6, 6.07) is 3.85. The van der Waals surface area contributed by atoms with Crippen LogP contribution in [0.4, 0.5) is 5.69 Å². The van der Waals surface area contributed by atoms with Gasteiger partial charge in [-0.25, -0.2) is 17.9 Å². The van der Waals surface area contributed by atoms with Crippen molar-refractivity contribution in [3.63, 3.8) is 0 Å². The first kappa shape index (κ1) is 22.8. The molecule has 10 nitrogen and oxygen atoms in total. The number of benzene rings is 1. The summed E-state index contributed by atoms with van der Waals surface area (Å²) in [6.45, 7) is 5.00. The summed E-state index contributed by atoms with van der Waals surface area (Å²) in [5, 5.41) is 6.94. The smallest absolute Gasteiger partial charge is 0.338 e. The number of nitrogens with one attached hydrogen (secondary N) is 2. The highest BCUT2D eigenvalue weighted by Gasteiger charge is 2.31. The summed E-state index contributed by atoms with van der Waals surface area (Å²) in [4.78, 5) is 24.9. The summed E-state index contributed by atoms with van der Waals surface area (Å²) >= 11 is 0. The topological polar surface area (TPSA) is 129 Å². The average molecular weight is 451 g/mol. The Morgan fingerprint density at radius 3 is 2.48 bits per heavy atom. The molecule has 1 aromatic carbocycles. The first-order valence-corrected chi connectivity index (χ1v) is 11.2. The highest BCUT2D eigenvalue weighted by atomic mass is 32.2. The number of rotatable bonds is 8. The second kappa shape index (κ2) is 8.67. The zero-order valence-corrected chi connectivity index (χ0v) is 18.9. The zero-order chi connectivity index (χ0) is 22.9. The van der Waals surface area contributed by atoms with Gasteiger partial charge in [0.25, 0.3) is 5.91 Å². The first-order chi connectivity index (χ1) is 14.5. The van der Waals surface area contributed by atoms with Crippen LogP contribution in [0.5, 0.6) is 5.75 Å². The summed E-state index contributed by atoms with van der Waals surface area (Å²) in [6.07, 6.45) is 0.427. The van der Waals surface area contributed by atoms with Gasteiger partial charge < -0.3 is 14.8 Å². The minimum Gasteiger partial charge on any atom is -0.495 e. The summed E-state index contributed by atoms with van der Waals surface area (Å²) in [7, 11) is -0.756. The van der Waals surface area contributed by atoms with E-state index in [0.717, 1.165) is 18.5 Å². The Labute approximate surface area is 181 Å². The Morgan fingerprint density at radius 2 is 1.94 bits per heavy atom. The molecule has 2 N–H and O–H groups in total. The zero-order valence-electron chi connectivity index (χ0n) is 18.1. The van der Waals surface area contributed by atoms with Crippen molar-refractivity contribution in [3.8, 4) is 5.75 Å². The molecule has 0 radical (unpaired) electrons. The van der Waals surface area contributed by atoms with Crippen LogP contribution in [0, 0.1) is 13.8 Å². The van der Waals surface area contributed by atoms with E-state index in [9.17, 15) is 18.0 Å². The molecule has 1 aromatic heterocycles. The third-order valence-corrected chi connectivity index (χ3v) is 6.54. The number of hydrogen-bond donors (Lipinski definition) is 2. The number of methoxy groups -OCH3 is 1. The lowest BCUT2D eigenvalue weighted by Gasteiger charge is -2.15. The fourth-order valence-corrected chi connectivity index (χ4v) is 4.46. The van der Waals surface area contributed by atoms with Crippen LogP contribution >= 0.6 is 0 Å². The molecule has 1 aliphatic carbocycles. The molecule has 31 heavy (non-hydrogen) atoms. The largest absolute Gasteiger partial charge is 0.495 e. The average Bonchev–Trinajstić information content (AvgIpc) is 3.49. The molecule has 0 aliphatic heterocycles. The van der Waals surface area contributed by atoms with E-state index in [1.807, 2.05) is 0 Å². The second-order valence-corrected chi connectivity index (χ2v) is 9.15. The van der Waals surface area contributed by atoms with E-state index in [4.69, 9.17) is 9.47 Å². The van der Waals surface area contributed by atoms with Gasteiger partial charge in [0.1, 0.15) is 10.6 Å². The maximum Gasteiger partial charge on any atom is 0.338 e. The fourth-order valence-electron chi connectivity index (χ4n) is 2.96. The van der Waals surface area contributed by atoms with Gasteiger partial charge in [-0.05, 0) is 51.8 Å². The van der Waals surface area contributed by atoms with Crippen molar-refractivity contribution in [2.24, 2.45) is 7.05 Å². The molecule has 168 valence electrons. The van der Waals surface area contributed by atoms with Gasteiger partial charge in [-0.2, -0.15) is 5.10 Å². The van der Waals surface area contributed by atoms with Gasteiger partial charge in [0.05, 0.1) is 29.7 Å². The number of ether oxygens (including phenoxy) is 2. The van der Waals surface area contributed by atoms with Crippen molar-refractivity contribution in [2.45, 2.75) is 50.7 Å². The van der Waals surface area contributed by atoms with Crippen LogP contribution in [0.15, 0.2) is 23.1 Å². The van der Waals surface area contributed by atoms with E-state index < -0.39 is 28.0 Å². The second-order valence-electron chi connectivity index (χ2n) is 7.47. The van der Waals surface area contributed by atoms with E-state index in [2.05, 4.69) is 15.1 Å². The Balaban J connectivity index is 1.74. The van der Waals surface area contributed by atoms with Crippen molar-refractivity contribution in [2.75, 3.05) is 12.4 Å². The van der Waals surface area contributed by atoms with E-state index >= 15 is 0 Å². The molecule has 2 aromatic rings. The SMILES string of the molecule is COc1ccc(C(=O)OC(C)C(=O)Nc2c(C)nn(C)c2C)cc1S(=O)(=O)NC1CC1. The number of amides is 1. The Kier molecular flexibility index (Phi) is 6.37. The summed E-state index contributed by atoms with van der Waals surface area (Å²) in [5.74, 6) is -1.24. The Morgan fingerprint density at radius 1 is 1.26 bits per heavy atom. The van der Waals surface area contributed by atoms with E-state index in [1.165, 1.54) is 32.2 Å². The summed E-state index contributed by atoms with van der Waals surface area (Å²) < 4.78 is 39.8. The quantitative estimate of drug-likeness (QED) is 0.585. The normalized spacial score (nSPS) is 14.7. The van der Waals surface area contributed by atoms with Gasteiger partial charge in [-0.1, -0.05) is 0 Å². The lowest BCUT2D eigenvalue weighted by molar-refractivity contribution is -0.123. The molecule has 1 heterocycles. The maximum atomic E-state index is 12.6. The molecular weight excluding hydrogens is 424 g/mol. The van der Waals surface area contributed by atoms with Gasteiger partial charge in [0.15, 0.2) is 6.10 Å². The summed E-state index contributed by atoms with van der Waals surface area (Å²) in [5.41, 5.74) is 1.95. The lowest BCUT2D eigenvalue weighted by Crippen LogP contribution is -2.30. The number of aryl methyl sites for hydroxylation is 2. The van der Waals surface area contributed by atoms with Crippen molar-refractivity contribution < 1.29 is 27.5 Å². The third kappa shape index (κ3) is 5.05. The molecule has 1 aliphatic rings. The first-order valence-electron chi connectivity index (χ1n) is 9.76. The predicted octanol–water partition coefficient (Wildman–Crippen LogP) is 1.67. The number of sulfonamides is 1. The molecule has 1 amide bonds. The van der Waals surface area contributed by atoms with Gasteiger partial charge in [0.2, 0.25) is 10.0 Å². The molecule has 11 heteroatoms. The number of carbonyl (C=O) groups excluding carboxylic acids is 2. The number of carbonyl (C=O) groups is 2. The van der Waals surface area contributed by atoms with Crippen molar-refractivity contribution in [3.05, 3.63) is 35.2 Å². The van der Waals surface area contributed by atoms with Gasteiger partial charge >= 0.3 is 5.97 Å². The minimum absolute atomic E-state index is 0.00893. The molecule has 1 saturated carbocycles. The van der Waals surface area contributed by atoms with Crippen LogP contribution < -0.4 is 14.8 Å². The Hall–Kier alpha value is -2.92. The molecule has 0 bridgehead atoms. The van der Waals surface area contributed by atoms with Crippen molar-refractivity contribution >= 4 is 27.6 Å². The molecule has 0 spiro atoms. The van der Waals surface area contributed by atoms with Gasteiger partial charge in [-0.15, -0.1) is 0 Å². The standard InChI is InChI=1S/C20H26N4O6S/c1-11-18(12(2)24(4)22-11)21-19(25)13(3)30-20(26)14-6-9-16(29-5)17(10-14)31(27,28)23-15-7-8-15/h6,9-10,13,15,23H,7-8H2,1-5H3,(H,21,25). The van der Waals surface area contributed by atoms with Crippen LogP contribution in [-0.2, 0) is 26.6 Å². The van der Waals surface area contributed by atoms with Gasteiger partial charge in [0, 0.05) is 13.1 Å². The van der Waals surface area contributed by atoms with Crippen molar-refractivity contribution in [1.29, 1.82) is 0 Å². The molecule has 3 rings (SSSR count). The number of nitrogens with zero attached hydrogens (tertiary/aromatic N) is 2. The minimum atomic E-state index is -3.86. The van der Waals surface area contributed by atoms with E-state index in [1.54, 1.807) is 25.6 Å². The third-order valence-electron chi connectivity index (χ3n) is 5.00. The number of aromatic nitrogens is 2. The molecule has 1 unspecified atom stereocenters. The molecule has 0 saturated heterocycles. The van der Waals surface area contributed by atoms with E-state index in [0.29, 0.717) is 11.4 Å².